The van der Waals surface area contributed by atoms with Crippen molar-refractivity contribution in [3.05, 3.63) is 42.7 Å². The highest BCUT2D eigenvalue weighted by atomic mass is 16.5. The average Bonchev–Trinajstić information content (AvgIpc) is 2.85. The number of hydrogen-bond donors (Lipinski definition) is 1. The monoisotopic (exact) mass is 254 g/mol. The lowest BCUT2D eigenvalue weighted by Gasteiger charge is -2.11. The van der Waals surface area contributed by atoms with Crippen LogP contribution < -0.4 is 10.5 Å². The molecular formula is C15H14N2O2. The number of oxazole rings is 1. The van der Waals surface area contributed by atoms with E-state index in [9.17, 15) is 0 Å². The summed E-state index contributed by atoms with van der Waals surface area (Å²) < 4.78 is 10.8. The molecule has 0 unspecified atom stereocenters. The van der Waals surface area contributed by atoms with Crippen molar-refractivity contribution in [1.82, 2.24) is 4.98 Å². The number of nitrogens with zero attached hydrogens (tertiary/aromatic N) is 1. The predicted molar refractivity (Wildman–Crippen MR) is 75.0 cm³/mol. The van der Waals surface area contributed by atoms with E-state index in [1.165, 1.54) is 0 Å². The van der Waals surface area contributed by atoms with Crippen LogP contribution in [0.2, 0.25) is 0 Å². The molecule has 1 aromatic heterocycles. The van der Waals surface area contributed by atoms with Gasteiger partial charge in [-0.1, -0.05) is 30.3 Å². The third-order valence-electron chi connectivity index (χ3n) is 2.97. The number of nitrogens with two attached hydrogens (primary N) is 1. The molecule has 0 atom stereocenters. The third-order valence-corrected chi connectivity index (χ3v) is 2.97. The van der Waals surface area contributed by atoms with Gasteiger partial charge in [-0.2, -0.15) is 4.98 Å². The summed E-state index contributed by atoms with van der Waals surface area (Å²) in [6.45, 7) is 2.55. The van der Waals surface area contributed by atoms with Gasteiger partial charge in [0, 0.05) is 0 Å². The van der Waals surface area contributed by atoms with Gasteiger partial charge in [0.25, 0.3) is 6.01 Å². The van der Waals surface area contributed by atoms with E-state index < -0.39 is 0 Å². The standard InChI is InChI=1S/C15H14N2O2/c1-2-18-13-8-7-10-5-3-4-6-11(10)14(13)12-9-19-15(16)17-12/h3-9H,2H2,1H3,(H2,16,17). The first-order valence-electron chi connectivity index (χ1n) is 6.15. The fraction of sp³-hybridized carbons (Fsp3) is 0.133. The lowest BCUT2D eigenvalue weighted by atomic mass is 10.0. The molecule has 0 bridgehead atoms. The molecule has 0 aliphatic rings. The lowest BCUT2D eigenvalue weighted by Crippen LogP contribution is -1.95. The second-order valence-electron chi connectivity index (χ2n) is 4.16. The molecule has 1 heterocycles. The van der Waals surface area contributed by atoms with Crippen molar-refractivity contribution in [3.8, 4) is 17.0 Å². The average molecular weight is 254 g/mol. The van der Waals surface area contributed by atoms with Crippen LogP contribution in [0.15, 0.2) is 47.1 Å². The van der Waals surface area contributed by atoms with Crippen LogP contribution >= 0.6 is 0 Å². The molecule has 4 nitrogen and oxygen atoms in total. The molecular weight excluding hydrogens is 240 g/mol. The van der Waals surface area contributed by atoms with Gasteiger partial charge in [0.15, 0.2) is 0 Å². The van der Waals surface area contributed by atoms with E-state index in [-0.39, 0.29) is 6.01 Å². The van der Waals surface area contributed by atoms with Crippen LogP contribution in [-0.4, -0.2) is 11.6 Å². The van der Waals surface area contributed by atoms with Crippen LogP contribution in [0.1, 0.15) is 6.92 Å². The molecule has 0 saturated carbocycles. The molecule has 0 spiro atoms. The molecule has 4 heteroatoms. The second kappa shape index (κ2) is 4.65. The number of nitrogen functional groups attached to an aromatic ring is 1. The maximum absolute atomic E-state index is 5.69. The molecule has 96 valence electrons. The first kappa shape index (κ1) is 11.6. The van der Waals surface area contributed by atoms with E-state index in [2.05, 4.69) is 11.1 Å². The summed E-state index contributed by atoms with van der Waals surface area (Å²) in [5.74, 6) is 0.787. The van der Waals surface area contributed by atoms with Crippen LogP contribution in [0, 0.1) is 0 Å². The van der Waals surface area contributed by atoms with Gasteiger partial charge >= 0.3 is 0 Å². The van der Waals surface area contributed by atoms with Gasteiger partial charge in [-0.3, -0.25) is 0 Å². The summed E-state index contributed by atoms with van der Waals surface area (Å²) in [7, 11) is 0. The van der Waals surface area contributed by atoms with Gasteiger partial charge in [0.1, 0.15) is 17.7 Å². The largest absolute Gasteiger partial charge is 0.493 e. The Bertz CT molecular complexity index is 719. The molecule has 2 N–H and O–H groups in total. The number of hydrogen-bond acceptors (Lipinski definition) is 4. The normalized spacial score (nSPS) is 10.8. The summed E-state index contributed by atoms with van der Waals surface area (Å²) >= 11 is 0. The van der Waals surface area contributed by atoms with Crippen molar-refractivity contribution >= 4 is 16.8 Å². The Labute approximate surface area is 110 Å². The van der Waals surface area contributed by atoms with Gasteiger partial charge in [-0.25, -0.2) is 0 Å². The fourth-order valence-corrected chi connectivity index (χ4v) is 2.19. The quantitative estimate of drug-likeness (QED) is 0.777. The van der Waals surface area contributed by atoms with Crippen molar-refractivity contribution in [3.63, 3.8) is 0 Å². The molecule has 0 aliphatic heterocycles. The lowest BCUT2D eigenvalue weighted by molar-refractivity contribution is 0.342. The molecule has 3 rings (SSSR count). The van der Waals surface area contributed by atoms with Crippen molar-refractivity contribution in [2.24, 2.45) is 0 Å². The van der Waals surface area contributed by atoms with Crippen LogP contribution in [0.5, 0.6) is 5.75 Å². The number of ether oxygens (including phenoxy) is 1. The first-order valence-corrected chi connectivity index (χ1v) is 6.15. The second-order valence-corrected chi connectivity index (χ2v) is 4.16. The minimum atomic E-state index is 0.158. The Balaban J connectivity index is 2.31. The summed E-state index contributed by atoms with van der Waals surface area (Å²) in [5, 5.41) is 2.20. The van der Waals surface area contributed by atoms with Crippen LogP contribution in [0.3, 0.4) is 0 Å². The molecule has 2 aromatic carbocycles. The van der Waals surface area contributed by atoms with E-state index in [0.29, 0.717) is 12.3 Å². The summed E-state index contributed by atoms with van der Waals surface area (Å²) in [6.07, 6.45) is 1.56. The van der Waals surface area contributed by atoms with Crippen molar-refractivity contribution in [2.45, 2.75) is 6.92 Å². The van der Waals surface area contributed by atoms with Crippen LogP contribution in [-0.2, 0) is 0 Å². The third kappa shape index (κ3) is 2.01. The zero-order valence-corrected chi connectivity index (χ0v) is 10.6. The highest BCUT2D eigenvalue weighted by Gasteiger charge is 2.14. The Morgan fingerprint density at radius 2 is 2.05 bits per heavy atom. The first-order chi connectivity index (χ1) is 9.29. The number of aromatic nitrogens is 1. The molecule has 0 fully saturated rings. The van der Waals surface area contributed by atoms with Gasteiger partial charge in [0.05, 0.1) is 12.2 Å². The highest BCUT2D eigenvalue weighted by molar-refractivity contribution is 5.98. The van der Waals surface area contributed by atoms with E-state index in [0.717, 1.165) is 22.1 Å². The summed E-state index contributed by atoms with van der Waals surface area (Å²) in [5.41, 5.74) is 7.17. The molecule has 0 radical (unpaired) electrons. The van der Waals surface area contributed by atoms with Gasteiger partial charge < -0.3 is 14.9 Å². The van der Waals surface area contributed by atoms with E-state index in [1.54, 1.807) is 6.26 Å². The van der Waals surface area contributed by atoms with Crippen LogP contribution in [0.25, 0.3) is 22.0 Å². The molecule has 3 aromatic rings. The predicted octanol–water partition coefficient (Wildman–Crippen LogP) is 3.48. The molecule has 0 amide bonds. The number of rotatable bonds is 3. The Hall–Kier alpha value is -2.49. The number of anilines is 1. The van der Waals surface area contributed by atoms with E-state index in [4.69, 9.17) is 14.9 Å². The van der Waals surface area contributed by atoms with E-state index >= 15 is 0 Å². The van der Waals surface area contributed by atoms with E-state index in [1.807, 2.05) is 37.3 Å². The van der Waals surface area contributed by atoms with Crippen molar-refractivity contribution in [1.29, 1.82) is 0 Å². The van der Waals surface area contributed by atoms with Crippen LogP contribution in [0.4, 0.5) is 6.01 Å². The zero-order valence-electron chi connectivity index (χ0n) is 10.6. The summed E-state index contributed by atoms with van der Waals surface area (Å²) in [6, 6.07) is 12.2. The van der Waals surface area contributed by atoms with Gasteiger partial charge in [-0.05, 0) is 23.8 Å². The highest BCUT2D eigenvalue weighted by Crippen LogP contribution is 2.36. The number of benzene rings is 2. The smallest absolute Gasteiger partial charge is 0.292 e. The maximum Gasteiger partial charge on any atom is 0.292 e. The van der Waals surface area contributed by atoms with Crippen molar-refractivity contribution < 1.29 is 9.15 Å². The SMILES string of the molecule is CCOc1ccc2ccccc2c1-c1coc(N)n1. The number of fused-ring (bicyclic) bond motifs is 1. The topological polar surface area (TPSA) is 61.3 Å². The Kier molecular flexibility index (Phi) is 2.83. The zero-order chi connectivity index (χ0) is 13.2. The summed E-state index contributed by atoms with van der Waals surface area (Å²) in [4.78, 5) is 4.21. The Morgan fingerprint density at radius 3 is 2.79 bits per heavy atom. The Morgan fingerprint density at radius 1 is 1.21 bits per heavy atom. The van der Waals surface area contributed by atoms with Gasteiger partial charge in [-0.15, -0.1) is 0 Å². The van der Waals surface area contributed by atoms with Crippen molar-refractivity contribution in [2.75, 3.05) is 12.3 Å². The fourth-order valence-electron chi connectivity index (χ4n) is 2.19. The molecule has 19 heavy (non-hydrogen) atoms. The molecule has 0 aliphatic carbocycles. The molecule has 0 saturated heterocycles. The minimum absolute atomic E-state index is 0.158. The minimum Gasteiger partial charge on any atom is -0.493 e. The van der Waals surface area contributed by atoms with Gasteiger partial charge in [0.2, 0.25) is 0 Å². The maximum atomic E-state index is 5.69.